The van der Waals surface area contributed by atoms with Crippen LogP contribution in [0, 0.1) is 5.92 Å². The molecule has 3 rings (SSSR count). The highest BCUT2D eigenvalue weighted by Crippen LogP contribution is 2.31. The molecule has 0 radical (unpaired) electrons. The number of hydrogen-bond donors (Lipinski definition) is 2. The minimum atomic E-state index is -0.324. The summed E-state index contributed by atoms with van der Waals surface area (Å²) in [6.07, 6.45) is 0.242. The lowest BCUT2D eigenvalue weighted by molar-refractivity contribution is -0.126. The zero-order chi connectivity index (χ0) is 16.4. The smallest absolute Gasteiger partial charge is 0.227 e. The molecule has 0 saturated carbocycles. The first kappa shape index (κ1) is 15.5. The Balaban J connectivity index is 1.84. The van der Waals surface area contributed by atoms with E-state index in [1.165, 1.54) is 0 Å². The molecule has 2 amide bonds. The molecule has 1 fully saturated rings. The maximum Gasteiger partial charge on any atom is 0.227 e. The number of carbonyl (C=O) groups is 2. The highest BCUT2D eigenvalue weighted by Gasteiger charge is 2.35. The summed E-state index contributed by atoms with van der Waals surface area (Å²) < 4.78 is 0. The van der Waals surface area contributed by atoms with Gasteiger partial charge in [0.05, 0.1) is 11.6 Å². The molecule has 1 heterocycles. The first-order chi connectivity index (χ1) is 11.1. The SMILES string of the molecule is C[C@@H](CN)NC(=O)C1CC(=O)N(c2cccc3ccccc23)C1. The average Bonchev–Trinajstić information content (AvgIpc) is 2.96. The lowest BCUT2D eigenvalue weighted by Gasteiger charge is -2.19. The third-order valence-corrected chi connectivity index (χ3v) is 4.30. The largest absolute Gasteiger partial charge is 0.352 e. The quantitative estimate of drug-likeness (QED) is 0.901. The van der Waals surface area contributed by atoms with E-state index in [0.29, 0.717) is 13.1 Å². The Morgan fingerprint density at radius 3 is 2.83 bits per heavy atom. The number of benzene rings is 2. The summed E-state index contributed by atoms with van der Waals surface area (Å²) in [5.74, 6) is -0.434. The Hall–Kier alpha value is -2.40. The van der Waals surface area contributed by atoms with Gasteiger partial charge in [0.1, 0.15) is 0 Å². The second kappa shape index (κ2) is 6.38. The standard InChI is InChI=1S/C18H21N3O2/c1-12(10-19)20-18(23)14-9-17(22)21(11-14)16-8-4-6-13-5-2-3-7-15(13)16/h2-8,12,14H,9-11,19H2,1H3,(H,20,23)/t12-,14?/m0/s1. The molecule has 0 aromatic heterocycles. The number of anilines is 1. The van der Waals surface area contributed by atoms with Gasteiger partial charge in [0.2, 0.25) is 11.8 Å². The number of rotatable bonds is 4. The Bertz CT molecular complexity index is 739. The van der Waals surface area contributed by atoms with E-state index < -0.39 is 0 Å². The van der Waals surface area contributed by atoms with E-state index in [1.54, 1.807) is 4.90 Å². The molecule has 1 aliphatic rings. The van der Waals surface area contributed by atoms with Crippen LogP contribution in [0.15, 0.2) is 42.5 Å². The van der Waals surface area contributed by atoms with Crippen molar-refractivity contribution < 1.29 is 9.59 Å². The van der Waals surface area contributed by atoms with Gasteiger partial charge in [-0.25, -0.2) is 0 Å². The van der Waals surface area contributed by atoms with Crippen molar-refractivity contribution in [3.05, 3.63) is 42.5 Å². The van der Waals surface area contributed by atoms with E-state index in [9.17, 15) is 9.59 Å². The van der Waals surface area contributed by atoms with Crippen molar-refractivity contribution in [3.8, 4) is 0 Å². The Kier molecular flexibility index (Phi) is 4.30. The van der Waals surface area contributed by atoms with Gasteiger partial charge >= 0.3 is 0 Å². The molecule has 23 heavy (non-hydrogen) atoms. The van der Waals surface area contributed by atoms with Gasteiger partial charge in [-0.1, -0.05) is 36.4 Å². The van der Waals surface area contributed by atoms with Crippen LogP contribution >= 0.6 is 0 Å². The number of nitrogens with one attached hydrogen (secondary N) is 1. The number of carbonyl (C=O) groups excluding carboxylic acids is 2. The zero-order valence-corrected chi connectivity index (χ0v) is 13.2. The van der Waals surface area contributed by atoms with Gasteiger partial charge in [-0.15, -0.1) is 0 Å². The molecule has 1 saturated heterocycles. The fourth-order valence-corrected chi connectivity index (χ4v) is 2.98. The number of fused-ring (bicyclic) bond motifs is 1. The van der Waals surface area contributed by atoms with Crippen molar-refractivity contribution in [3.63, 3.8) is 0 Å². The van der Waals surface area contributed by atoms with E-state index >= 15 is 0 Å². The molecule has 0 spiro atoms. The van der Waals surface area contributed by atoms with Gasteiger partial charge < -0.3 is 16.0 Å². The predicted octanol–water partition coefficient (Wildman–Crippen LogP) is 1.66. The summed E-state index contributed by atoms with van der Waals surface area (Å²) in [5.41, 5.74) is 6.41. The van der Waals surface area contributed by atoms with Gasteiger partial charge in [-0.2, -0.15) is 0 Å². The lowest BCUT2D eigenvalue weighted by atomic mass is 10.1. The van der Waals surface area contributed by atoms with Crippen molar-refractivity contribution in [2.75, 3.05) is 18.0 Å². The van der Waals surface area contributed by atoms with E-state index in [2.05, 4.69) is 5.32 Å². The minimum absolute atomic E-state index is 0.0121. The fraction of sp³-hybridized carbons (Fsp3) is 0.333. The van der Waals surface area contributed by atoms with E-state index in [-0.39, 0.29) is 30.2 Å². The van der Waals surface area contributed by atoms with Gasteiger partial charge in [-0.3, -0.25) is 9.59 Å². The summed E-state index contributed by atoms with van der Waals surface area (Å²) in [6.45, 7) is 2.66. The molecule has 0 aliphatic carbocycles. The first-order valence-corrected chi connectivity index (χ1v) is 7.88. The van der Waals surface area contributed by atoms with Gasteiger partial charge in [0.15, 0.2) is 0 Å². The van der Waals surface area contributed by atoms with Crippen molar-refractivity contribution in [1.82, 2.24) is 5.32 Å². The maximum absolute atomic E-state index is 12.4. The number of hydrogen-bond acceptors (Lipinski definition) is 3. The number of nitrogens with zero attached hydrogens (tertiary/aromatic N) is 1. The molecule has 0 bridgehead atoms. The Labute approximate surface area is 135 Å². The van der Waals surface area contributed by atoms with Crippen LogP contribution in [0.1, 0.15) is 13.3 Å². The molecule has 2 aromatic carbocycles. The molecular weight excluding hydrogens is 290 g/mol. The monoisotopic (exact) mass is 311 g/mol. The minimum Gasteiger partial charge on any atom is -0.352 e. The van der Waals surface area contributed by atoms with Crippen LogP contribution in [-0.2, 0) is 9.59 Å². The second-order valence-electron chi connectivity index (χ2n) is 6.05. The van der Waals surface area contributed by atoms with Crippen LogP contribution in [0.3, 0.4) is 0 Å². The third-order valence-electron chi connectivity index (χ3n) is 4.30. The Morgan fingerprint density at radius 1 is 1.30 bits per heavy atom. The molecule has 2 aromatic rings. The van der Waals surface area contributed by atoms with Crippen molar-refractivity contribution in [2.45, 2.75) is 19.4 Å². The molecule has 1 aliphatic heterocycles. The topological polar surface area (TPSA) is 75.4 Å². The summed E-state index contributed by atoms with van der Waals surface area (Å²) in [5, 5.41) is 4.97. The van der Waals surface area contributed by atoms with E-state index in [4.69, 9.17) is 5.73 Å². The summed E-state index contributed by atoms with van der Waals surface area (Å²) in [6, 6.07) is 13.8. The van der Waals surface area contributed by atoms with Crippen LogP contribution in [0.2, 0.25) is 0 Å². The fourth-order valence-electron chi connectivity index (χ4n) is 2.98. The van der Waals surface area contributed by atoms with Crippen molar-refractivity contribution >= 4 is 28.3 Å². The average molecular weight is 311 g/mol. The van der Waals surface area contributed by atoms with Crippen LogP contribution in [-0.4, -0.2) is 30.9 Å². The third kappa shape index (κ3) is 3.05. The zero-order valence-electron chi connectivity index (χ0n) is 13.2. The molecule has 3 N–H and O–H groups in total. The summed E-state index contributed by atoms with van der Waals surface area (Å²) in [7, 11) is 0. The predicted molar refractivity (Wildman–Crippen MR) is 91.1 cm³/mol. The van der Waals surface area contributed by atoms with Gasteiger partial charge in [-0.05, 0) is 18.4 Å². The van der Waals surface area contributed by atoms with Crippen LogP contribution < -0.4 is 16.0 Å². The van der Waals surface area contributed by atoms with Crippen LogP contribution in [0.5, 0.6) is 0 Å². The van der Waals surface area contributed by atoms with E-state index in [1.807, 2.05) is 49.4 Å². The summed E-state index contributed by atoms with van der Waals surface area (Å²) >= 11 is 0. The molecule has 5 heteroatoms. The number of nitrogens with two attached hydrogens (primary N) is 1. The van der Waals surface area contributed by atoms with Crippen molar-refractivity contribution in [2.24, 2.45) is 11.7 Å². The lowest BCUT2D eigenvalue weighted by Crippen LogP contribution is -2.41. The van der Waals surface area contributed by atoms with Gasteiger partial charge in [0.25, 0.3) is 0 Å². The highest BCUT2D eigenvalue weighted by molar-refractivity contribution is 6.06. The Morgan fingerprint density at radius 2 is 2.04 bits per heavy atom. The molecular formula is C18H21N3O2. The maximum atomic E-state index is 12.4. The summed E-state index contributed by atoms with van der Waals surface area (Å²) in [4.78, 5) is 26.4. The van der Waals surface area contributed by atoms with Crippen LogP contribution in [0.4, 0.5) is 5.69 Å². The molecule has 1 unspecified atom stereocenters. The highest BCUT2D eigenvalue weighted by atomic mass is 16.2. The molecule has 120 valence electrons. The second-order valence-corrected chi connectivity index (χ2v) is 6.05. The van der Waals surface area contributed by atoms with Crippen LogP contribution in [0.25, 0.3) is 10.8 Å². The normalized spacial score (nSPS) is 19.1. The van der Waals surface area contributed by atoms with Gasteiger partial charge in [0, 0.05) is 30.9 Å². The molecule has 5 nitrogen and oxygen atoms in total. The van der Waals surface area contributed by atoms with Crippen molar-refractivity contribution in [1.29, 1.82) is 0 Å². The van der Waals surface area contributed by atoms with E-state index in [0.717, 1.165) is 16.5 Å². The first-order valence-electron chi connectivity index (χ1n) is 7.88. The number of amides is 2. The molecule has 2 atom stereocenters.